The summed E-state index contributed by atoms with van der Waals surface area (Å²) in [5.41, 5.74) is 2.65. The molecule has 0 aliphatic rings. The lowest BCUT2D eigenvalue weighted by Gasteiger charge is -2.08. The molecule has 0 unspecified atom stereocenters. The zero-order valence-corrected chi connectivity index (χ0v) is 14.9. The Morgan fingerprint density at radius 3 is 2.70 bits per heavy atom. The van der Waals surface area contributed by atoms with E-state index in [4.69, 9.17) is 0 Å². The summed E-state index contributed by atoms with van der Waals surface area (Å²) in [6.07, 6.45) is 8.87. The van der Waals surface area contributed by atoms with Crippen molar-refractivity contribution in [3.8, 4) is 16.9 Å². The summed E-state index contributed by atoms with van der Waals surface area (Å²) in [7, 11) is 1.86. The van der Waals surface area contributed by atoms with Crippen LogP contribution in [0.15, 0.2) is 55.2 Å². The van der Waals surface area contributed by atoms with E-state index in [0.717, 1.165) is 16.8 Å². The van der Waals surface area contributed by atoms with Crippen molar-refractivity contribution in [1.29, 1.82) is 0 Å². The van der Waals surface area contributed by atoms with Gasteiger partial charge < -0.3 is 5.32 Å². The molecule has 27 heavy (non-hydrogen) atoms. The summed E-state index contributed by atoms with van der Waals surface area (Å²) < 4.78 is 4.92. The zero-order chi connectivity index (χ0) is 18.8. The lowest BCUT2D eigenvalue weighted by molar-refractivity contribution is -0.116. The Bertz CT molecular complexity index is 1080. The molecule has 136 valence electrons. The third kappa shape index (κ3) is 3.61. The Morgan fingerprint density at radius 1 is 1.15 bits per heavy atom. The van der Waals surface area contributed by atoms with Gasteiger partial charge in [0, 0.05) is 42.8 Å². The highest BCUT2D eigenvalue weighted by Crippen LogP contribution is 2.18. The number of anilines is 1. The van der Waals surface area contributed by atoms with Crippen molar-refractivity contribution < 1.29 is 4.79 Å². The van der Waals surface area contributed by atoms with E-state index in [1.54, 1.807) is 38.7 Å². The number of amides is 1. The van der Waals surface area contributed by atoms with Crippen molar-refractivity contribution in [3.05, 3.63) is 60.9 Å². The van der Waals surface area contributed by atoms with Gasteiger partial charge in [-0.1, -0.05) is 6.07 Å². The Morgan fingerprint density at radius 2 is 1.96 bits per heavy atom. The van der Waals surface area contributed by atoms with Gasteiger partial charge in [0.15, 0.2) is 5.82 Å². The predicted molar refractivity (Wildman–Crippen MR) is 99.2 cm³/mol. The van der Waals surface area contributed by atoms with E-state index >= 15 is 0 Å². The number of nitrogens with zero attached hydrogens (tertiary/aromatic N) is 7. The van der Waals surface area contributed by atoms with Gasteiger partial charge in [-0.3, -0.25) is 14.2 Å². The van der Waals surface area contributed by atoms with Gasteiger partial charge in [0.05, 0.1) is 18.1 Å². The van der Waals surface area contributed by atoms with Crippen LogP contribution in [-0.2, 0) is 18.4 Å². The summed E-state index contributed by atoms with van der Waals surface area (Å²) in [6, 6.07) is 7.33. The predicted octanol–water partition coefficient (Wildman–Crippen LogP) is 1.81. The Labute approximate surface area is 155 Å². The lowest BCUT2D eigenvalue weighted by atomic mass is 10.2. The molecule has 0 aliphatic heterocycles. The molecule has 0 aromatic carbocycles. The average molecular weight is 362 g/mol. The lowest BCUT2D eigenvalue weighted by Crippen LogP contribution is -2.21. The maximum atomic E-state index is 12.5. The number of carbonyl (C=O) groups is 1. The first-order chi connectivity index (χ1) is 13.1. The molecule has 0 saturated carbocycles. The largest absolute Gasteiger partial charge is 0.309 e. The van der Waals surface area contributed by atoms with E-state index in [2.05, 4.69) is 25.6 Å². The molecular formula is C18H18N8O. The van der Waals surface area contributed by atoms with Crippen LogP contribution in [0.25, 0.3) is 16.9 Å². The van der Waals surface area contributed by atoms with Crippen LogP contribution in [0.2, 0.25) is 0 Å². The molecule has 4 aromatic heterocycles. The second-order valence-corrected chi connectivity index (χ2v) is 6.15. The van der Waals surface area contributed by atoms with Crippen molar-refractivity contribution in [1.82, 2.24) is 34.3 Å². The molecule has 4 rings (SSSR count). The average Bonchev–Trinajstić information content (AvgIpc) is 3.36. The van der Waals surface area contributed by atoms with E-state index in [1.807, 2.05) is 44.6 Å². The van der Waals surface area contributed by atoms with E-state index in [1.165, 1.54) is 0 Å². The second kappa shape index (κ2) is 6.87. The van der Waals surface area contributed by atoms with Gasteiger partial charge in [0.25, 0.3) is 0 Å². The Balaban J connectivity index is 1.49. The van der Waals surface area contributed by atoms with Gasteiger partial charge in [-0.25, -0.2) is 4.98 Å². The van der Waals surface area contributed by atoms with Crippen molar-refractivity contribution >= 4 is 11.7 Å². The molecule has 4 heterocycles. The second-order valence-electron chi connectivity index (χ2n) is 6.15. The van der Waals surface area contributed by atoms with Crippen molar-refractivity contribution in [2.24, 2.45) is 7.05 Å². The topological polar surface area (TPSA) is 95.5 Å². The van der Waals surface area contributed by atoms with Gasteiger partial charge in [0.1, 0.15) is 12.4 Å². The summed E-state index contributed by atoms with van der Waals surface area (Å²) >= 11 is 0. The summed E-state index contributed by atoms with van der Waals surface area (Å²) in [5.74, 6) is 1.00. The smallest absolute Gasteiger partial charge is 0.247 e. The molecule has 0 saturated heterocycles. The van der Waals surface area contributed by atoms with Crippen LogP contribution in [0.5, 0.6) is 0 Å². The number of aryl methyl sites for hydroxylation is 2. The number of pyridine rings is 1. The number of hydrogen-bond acceptors (Lipinski definition) is 5. The molecule has 9 heteroatoms. The van der Waals surface area contributed by atoms with Crippen LogP contribution in [0.1, 0.15) is 5.69 Å². The molecule has 0 bridgehead atoms. The highest BCUT2D eigenvalue weighted by molar-refractivity contribution is 5.90. The van der Waals surface area contributed by atoms with Crippen molar-refractivity contribution in [3.63, 3.8) is 0 Å². The number of nitrogens with one attached hydrogen (secondary N) is 1. The van der Waals surface area contributed by atoms with Gasteiger partial charge >= 0.3 is 0 Å². The number of hydrogen-bond donors (Lipinski definition) is 1. The normalized spacial score (nSPS) is 10.9. The van der Waals surface area contributed by atoms with E-state index in [9.17, 15) is 4.79 Å². The van der Waals surface area contributed by atoms with Crippen LogP contribution in [-0.4, -0.2) is 40.2 Å². The van der Waals surface area contributed by atoms with Crippen molar-refractivity contribution in [2.45, 2.75) is 13.5 Å². The molecular weight excluding hydrogens is 344 g/mol. The minimum absolute atomic E-state index is 0.0900. The molecule has 1 N–H and O–H groups in total. The molecule has 0 fully saturated rings. The maximum Gasteiger partial charge on any atom is 0.247 e. The highest BCUT2D eigenvalue weighted by atomic mass is 16.2. The summed E-state index contributed by atoms with van der Waals surface area (Å²) in [6.45, 7) is 1.95. The van der Waals surface area contributed by atoms with E-state index in [0.29, 0.717) is 11.6 Å². The highest BCUT2D eigenvalue weighted by Gasteiger charge is 2.13. The fourth-order valence-corrected chi connectivity index (χ4v) is 2.74. The quantitative estimate of drug-likeness (QED) is 0.584. The minimum Gasteiger partial charge on any atom is -0.309 e. The monoisotopic (exact) mass is 362 g/mol. The van der Waals surface area contributed by atoms with Gasteiger partial charge in [-0.15, -0.1) is 0 Å². The minimum atomic E-state index is -0.201. The van der Waals surface area contributed by atoms with Crippen LogP contribution in [0.4, 0.5) is 5.82 Å². The molecule has 0 radical (unpaired) electrons. The maximum absolute atomic E-state index is 12.5. The Kier molecular flexibility index (Phi) is 4.25. The number of carbonyl (C=O) groups excluding carboxylic acids is 1. The van der Waals surface area contributed by atoms with Gasteiger partial charge in [-0.05, 0) is 19.1 Å². The standard InChI is InChI=1S/C18H18N8O/c1-13-7-17(26(23-13)16-5-3-4-6-19-16)22-18(27)12-25-11-15(9-21-25)14-8-20-24(2)10-14/h3-11H,12H2,1-2H3,(H,22,27). The first-order valence-electron chi connectivity index (χ1n) is 8.38. The summed E-state index contributed by atoms with van der Waals surface area (Å²) in [4.78, 5) is 16.8. The fourth-order valence-electron chi connectivity index (χ4n) is 2.74. The molecule has 0 spiro atoms. The van der Waals surface area contributed by atoms with E-state index in [-0.39, 0.29) is 12.5 Å². The van der Waals surface area contributed by atoms with Crippen molar-refractivity contribution in [2.75, 3.05) is 5.32 Å². The number of rotatable bonds is 5. The van der Waals surface area contributed by atoms with E-state index < -0.39 is 0 Å². The SMILES string of the molecule is Cc1cc(NC(=O)Cn2cc(-c3cnn(C)c3)cn2)n(-c2ccccn2)n1. The molecule has 0 aliphatic carbocycles. The molecule has 4 aromatic rings. The third-order valence-electron chi connectivity index (χ3n) is 3.94. The van der Waals surface area contributed by atoms with Crippen LogP contribution >= 0.6 is 0 Å². The molecule has 1 amide bonds. The van der Waals surface area contributed by atoms with Gasteiger partial charge in [-0.2, -0.15) is 20.0 Å². The first-order valence-corrected chi connectivity index (χ1v) is 8.38. The fraction of sp³-hybridized carbons (Fsp3) is 0.167. The molecule has 9 nitrogen and oxygen atoms in total. The third-order valence-corrected chi connectivity index (χ3v) is 3.94. The zero-order valence-electron chi connectivity index (χ0n) is 14.9. The first kappa shape index (κ1) is 16.7. The van der Waals surface area contributed by atoms with Crippen LogP contribution in [0.3, 0.4) is 0 Å². The Hall–Kier alpha value is -3.75. The van der Waals surface area contributed by atoms with Crippen LogP contribution in [0, 0.1) is 6.92 Å². The number of aromatic nitrogens is 7. The van der Waals surface area contributed by atoms with Crippen LogP contribution < -0.4 is 5.32 Å². The molecule has 0 atom stereocenters. The van der Waals surface area contributed by atoms with Gasteiger partial charge in [0.2, 0.25) is 5.91 Å². The summed E-state index contributed by atoms with van der Waals surface area (Å²) in [5, 5.41) is 15.7.